The molecule has 8 nitrogen and oxygen atoms in total. The number of carbonyl (C=O) groups is 2. The average Bonchev–Trinajstić information content (AvgIpc) is 3.67. The van der Waals surface area contributed by atoms with E-state index in [-0.39, 0.29) is 77.6 Å². The summed E-state index contributed by atoms with van der Waals surface area (Å²) < 4.78 is 6.09. The number of ketones is 2. The molecule has 4 saturated carbocycles. The lowest BCUT2D eigenvalue weighted by atomic mass is 9.57. The van der Waals surface area contributed by atoms with Gasteiger partial charge in [0.15, 0.2) is 5.70 Å². The molecule has 7 aliphatic rings. The highest BCUT2D eigenvalue weighted by Gasteiger charge is 2.49. The number of quaternary nitrogens is 1. The molecule has 6 N–H and O–H groups in total. The fraction of sp³-hybridized carbons (Fsp3) is 0.855. The lowest BCUT2D eigenvalue weighted by Crippen LogP contribution is -2.94. The smallest absolute Gasteiger partial charge is 0.177 e. The Labute approximate surface area is 383 Å². The Bertz CT molecular complexity index is 1590. The molecule has 1 saturated heterocycles. The van der Waals surface area contributed by atoms with Gasteiger partial charge in [0.1, 0.15) is 35.9 Å². The topological polar surface area (TPSA) is 139 Å². The molecule has 63 heavy (non-hydrogen) atoms. The Morgan fingerprint density at radius 3 is 2.37 bits per heavy atom. The second-order valence-electron chi connectivity index (χ2n) is 22.6. The van der Waals surface area contributed by atoms with Gasteiger partial charge in [0, 0.05) is 43.6 Å². The van der Waals surface area contributed by atoms with Crippen molar-refractivity contribution in [2.24, 2.45) is 87.7 Å². The van der Waals surface area contributed by atoms with E-state index in [0.717, 1.165) is 88.8 Å². The average molecular weight is 872 g/mol. The van der Waals surface area contributed by atoms with Crippen molar-refractivity contribution >= 4 is 17.8 Å². The summed E-state index contributed by atoms with van der Waals surface area (Å²) in [4.78, 5) is 33.8. The maximum atomic E-state index is 14.9. The lowest BCUT2D eigenvalue weighted by Gasteiger charge is -2.49. The number of nitrogens with zero attached hydrogens (tertiary/aromatic N) is 1. The molecule has 0 aromatic carbocycles. The number of rotatable bonds is 14. The monoisotopic (exact) mass is 872 g/mol. The van der Waals surface area contributed by atoms with Crippen LogP contribution in [0, 0.1) is 94.7 Å². The van der Waals surface area contributed by atoms with E-state index < -0.39 is 12.2 Å². The number of aliphatic imine (C=N–C) groups is 1. The molecule has 8 unspecified atom stereocenters. The van der Waals surface area contributed by atoms with Crippen molar-refractivity contribution in [2.75, 3.05) is 13.7 Å². The summed E-state index contributed by atoms with van der Waals surface area (Å²) in [5.41, 5.74) is 7.52. The number of ether oxygens (including phenoxy) is 1. The molecule has 0 spiro atoms. The largest absolute Gasteiger partial charge is 0.391 e. The van der Waals surface area contributed by atoms with Crippen molar-refractivity contribution in [3.05, 3.63) is 17.7 Å². The third-order valence-electron chi connectivity index (χ3n) is 18.0. The van der Waals surface area contributed by atoms with Crippen LogP contribution < -0.4 is 11.1 Å². The molecule has 5 aliphatic carbocycles. The van der Waals surface area contributed by atoms with Crippen LogP contribution in [0.4, 0.5) is 0 Å². The van der Waals surface area contributed by atoms with Crippen LogP contribution in [0.5, 0.6) is 0 Å². The first-order chi connectivity index (χ1) is 30.5. The first kappa shape index (κ1) is 48.9. The van der Waals surface area contributed by atoms with Crippen LogP contribution in [-0.2, 0) is 14.3 Å². The number of aliphatic hydroxyl groups excluding tert-OH is 2. The van der Waals surface area contributed by atoms with Crippen molar-refractivity contribution in [3.8, 4) is 11.8 Å². The second kappa shape index (κ2) is 23.6. The minimum atomic E-state index is -0.555. The summed E-state index contributed by atoms with van der Waals surface area (Å²) in [7, 11) is 1.75. The molecule has 0 bridgehead atoms. The van der Waals surface area contributed by atoms with Crippen LogP contribution >= 0.6 is 0 Å². The fourth-order valence-electron chi connectivity index (χ4n) is 14.6. The number of hydrogen-bond acceptors (Lipinski definition) is 7. The van der Waals surface area contributed by atoms with Crippen molar-refractivity contribution in [2.45, 2.75) is 206 Å². The molecule has 352 valence electrons. The zero-order valence-electron chi connectivity index (χ0n) is 40.1. The highest BCUT2D eigenvalue weighted by atomic mass is 16.5. The molecule has 0 aromatic rings. The van der Waals surface area contributed by atoms with Gasteiger partial charge in [0.25, 0.3) is 0 Å². The number of piperidine rings is 1. The van der Waals surface area contributed by atoms with Gasteiger partial charge in [-0.1, -0.05) is 83.0 Å². The molecular formula is C55H89N3O5+2. The Balaban J connectivity index is 1.26. The van der Waals surface area contributed by atoms with Crippen LogP contribution in [0.1, 0.15) is 181 Å². The number of hydrogen-bond donors (Lipinski definition) is 4. The van der Waals surface area contributed by atoms with Crippen LogP contribution in [0.15, 0.2) is 16.8 Å². The Kier molecular flexibility index (Phi) is 18.3. The van der Waals surface area contributed by atoms with Gasteiger partial charge in [-0.05, 0) is 138 Å². The molecule has 14 atom stereocenters. The minimum Gasteiger partial charge on any atom is -0.391 e. The van der Waals surface area contributed by atoms with Gasteiger partial charge in [-0.3, -0.25) is 15.3 Å². The minimum absolute atomic E-state index is 0.0190. The number of methoxy groups -OCH3 is 1. The Hall–Kier alpha value is -2.02. The highest BCUT2D eigenvalue weighted by Crippen LogP contribution is 2.51. The number of carbonyl (C=O) groups excluding carboxylic acids is 2. The van der Waals surface area contributed by atoms with Gasteiger partial charge in [0.2, 0.25) is 0 Å². The summed E-state index contributed by atoms with van der Waals surface area (Å²) >= 11 is 0. The maximum absolute atomic E-state index is 14.9. The fourth-order valence-corrected chi connectivity index (χ4v) is 14.6. The molecule has 0 amide bonds. The number of Topliss-reactive ketones (excluding diaryl/α,β-unsaturated/α-hetero) is 2. The Morgan fingerprint density at radius 2 is 1.67 bits per heavy atom. The number of fused-ring (bicyclic) bond motifs is 2. The standard InChI is InChI=1S/C55H88N3O5/c1-5-12-46(50(60)32-44-29-43(34-58-44)35(2)3)42-27-38(25-37-23-24-57-53(56)28-37)26-40-19-22-47(39-15-10-7-11-16-39)54-41(18-20-45(59)33-51(61)49(40)30-42)31-52(63-4)55(62)48(54)21-17-36-13-8-6-9-14-36/h29,34-42,46-50,52-55,57,60,62H,5-18,20-21,23-28,30-33,56H2,1-4H3/q+1/p+1/t37?,38-,40+,41?,42?,46+,47-,48?,49-,50-,52?,53?,54?,55?/m1/s1. The van der Waals surface area contributed by atoms with E-state index in [2.05, 4.69) is 44.0 Å². The molecule has 0 radical (unpaired) electrons. The second-order valence-corrected chi connectivity index (χ2v) is 22.6. The van der Waals surface area contributed by atoms with Crippen LogP contribution in [0.2, 0.25) is 0 Å². The van der Waals surface area contributed by atoms with Gasteiger partial charge >= 0.3 is 0 Å². The predicted octanol–water partition coefficient (Wildman–Crippen LogP) is 9.16. The predicted molar refractivity (Wildman–Crippen MR) is 253 cm³/mol. The van der Waals surface area contributed by atoms with Crippen molar-refractivity contribution in [3.63, 3.8) is 0 Å². The summed E-state index contributed by atoms with van der Waals surface area (Å²) in [6.45, 7) is 7.65. The van der Waals surface area contributed by atoms with Gasteiger partial charge in [0.05, 0.1) is 37.7 Å². The quantitative estimate of drug-likeness (QED) is 0.0781. The zero-order valence-corrected chi connectivity index (χ0v) is 40.1. The number of allylic oxidation sites excluding steroid dienone is 1. The van der Waals surface area contributed by atoms with E-state index in [1.807, 2.05) is 6.21 Å². The molecule has 5 fully saturated rings. The normalized spacial score (nSPS) is 37.5. The first-order valence-corrected chi connectivity index (χ1v) is 26.7. The lowest BCUT2D eigenvalue weighted by molar-refractivity contribution is -0.699. The SMILES string of the molecule is CCC[C@@H](C1C[C@H](CC2CC[NH2+]C(N)C2)C[C@@H]2C#C[C@H](C3CCCCC3)C3C(CCC(=O)CC(=O)[C@@H]2C1)CC(OC)C(O)C3CCC1CCCCC1)[C@H](O)CC1=C[C+](C(C)C)C=N1. The zero-order chi connectivity index (χ0) is 44.5. The molecule has 2 heterocycles. The summed E-state index contributed by atoms with van der Waals surface area (Å²) in [6, 6.07) is 0. The molecule has 2 aliphatic heterocycles. The van der Waals surface area contributed by atoms with Crippen LogP contribution in [-0.4, -0.2) is 66.1 Å². The van der Waals surface area contributed by atoms with Crippen molar-refractivity contribution in [1.29, 1.82) is 0 Å². The third-order valence-corrected chi connectivity index (χ3v) is 18.0. The van der Waals surface area contributed by atoms with E-state index in [1.165, 1.54) is 70.1 Å². The third kappa shape index (κ3) is 12.9. The van der Waals surface area contributed by atoms with Crippen LogP contribution in [0.25, 0.3) is 0 Å². The molecular weight excluding hydrogens is 783 g/mol. The molecule has 8 heteroatoms. The Morgan fingerprint density at radius 1 is 0.905 bits per heavy atom. The van der Waals surface area contributed by atoms with Crippen molar-refractivity contribution in [1.82, 2.24) is 0 Å². The van der Waals surface area contributed by atoms with Gasteiger partial charge in [-0.15, -0.1) is 4.99 Å². The summed E-state index contributed by atoms with van der Waals surface area (Å²) in [5.74, 6) is 12.4. The molecule has 7 rings (SSSR count). The van der Waals surface area contributed by atoms with Crippen molar-refractivity contribution < 1.29 is 29.9 Å². The summed E-state index contributed by atoms with van der Waals surface area (Å²) in [5, 5.41) is 26.8. The van der Waals surface area contributed by atoms with E-state index in [0.29, 0.717) is 42.9 Å². The van der Waals surface area contributed by atoms with Gasteiger partial charge in [-0.25, -0.2) is 0 Å². The van der Waals surface area contributed by atoms with E-state index in [4.69, 9.17) is 15.5 Å². The van der Waals surface area contributed by atoms with Gasteiger partial charge < -0.3 is 20.3 Å². The van der Waals surface area contributed by atoms with E-state index >= 15 is 0 Å². The van der Waals surface area contributed by atoms with E-state index in [9.17, 15) is 19.8 Å². The van der Waals surface area contributed by atoms with Crippen LogP contribution in [0.3, 0.4) is 0 Å². The summed E-state index contributed by atoms with van der Waals surface area (Å²) in [6.07, 6.45) is 27.8. The van der Waals surface area contributed by atoms with E-state index in [1.54, 1.807) is 7.11 Å². The molecule has 0 aromatic heterocycles. The number of nitrogens with two attached hydrogens (primary N) is 2. The maximum Gasteiger partial charge on any atom is 0.177 e. The first-order valence-electron chi connectivity index (χ1n) is 26.7. The highest BCUT2D eigenvalue weighted by molar-refractivity contribution is 6.00. The van der Waals surface area contributed by atoms with Gasteiger partial charge in [-0.2, -0.15) is 0 Å². The number of aliphatic hydroxyl groups is 2.